The number of anilines is 1. The zero-order chi connectivity index (χ0) is 21.4. The zero-order valence-electron chi connectivity index (χ0n) is 16.4. The lowest BCUT2D eigenvalue weighted by atomic mass is 10.1. The summed E-state index contributed by atoms with van der Waals surface area (Å²) >= 11 is 0. The second-order valence-corrected chi connectivity index (χ2v) is 6.15. The van der Waals surface area contributed by atoms with Crippen molar-refractivity contribution in [3.63, 3.8) is 0 Å². The first-order chi connectivity index (χ1) is 13.8. The van der Waals surface area contributed by atoms with Crippen LogP contribution in [0.15, 0.2) is 36.4 Å². The first-order valence-corrected chi connectivity index (χ1v) is 8.75. The van der Waals surface area contributed by atoms with Crippen LogP contribution in [0, 0.1) is 17.0 Å². The van der Waals surface area contributed by atoms with Crippen LogP contribution in [0.1, 0.15) is 17.5 Å². The highest BCUT2D eigenvalue weighted by molar-refractivity contribution is 5.94. The van der Waals surface area contributed by atoms with Crippen LogP contribution >= 0.6 is 0 Å². The molecule has 2 rings (SSSR count). The van der Waals surface area contributed by atoms with E-state index in [0.29, 0.717) is 17.7 Å². The molecule has 0 atom stereocenters. The highest BCUT2D eigenvalue weighted by Gasteiger charge is 2.18. The lowest BCUT2D eigenvalue weighted by Crippen LogP contribution is -2.21. The minimum absolute atomic E-state index is 0.0207. The van der Waals surface area contributed by atoms with Gasteiger partial charge in [-0.2, -0.15) is 0 Å². The van der Waals surface area contributed by atoms with Gasteiger partial charge in [-0.25, -0.2) is 0 Å². The van der Waals surface area contributed by atoms with Crippen molar-refractivity contribution in [1.29, 1.82) is 0 Å². The van der Waals surface area contributed by atoms with Crippen molar-refractivity contribution >= 4 is 23.3 Å². The first-order valence-electron chi connectivity index (χ1n) is 8.75. The van der Waals surface area contributed by atoms with Crippen molar-refractivity contribution in [1.82, 2.24) is 0 Å². The number of methoxy groups -OCH3 is 2. The minimum atomic E-state index is -0.567. The second-order valence-electron chi connectivity index (χ2n) is 6.15. The molecular weight excluding hydrogens is 380 g/mol. The molecule has 1 amide bonds. The maximum Gasteiger partial charge on any atom is 0.311 e. The molecule has 154 valence electrons. The van der Waals surface area contributed by atoms with E-state index >= 15 is 0 Å². The maximum absolute atomic E-state index is 12.1. The lowest BCUT2D eigenvalue weighted by Gasteiger charge is -2.11. The van der Waals surface area contributed by atoms with Gasteiger partial charge in [0.15, 0.2) is 12.4 Å². The van der Waals surface area contributed by atoms with Crippen LogP contribution in [0.2, 0.25) is 0 Å². The summed E-state index contributed by atoms with van der Waals surface area (Å²) in [4.78, 5) is 34.4. The van der Waals surface area contributed by atoms with Gasteiger partial charge in [-0.05, 0) is 36.6 Å². The lowest BCUT2D eigenvalue weighted by molar-refractivity contribution is -0.385. The van der Waals surface area contributed by atoms with Gasteiger partial charge in [-0.15, -0.1) is 0 Å². The Morgan fingerprint density at radius 3 is 2.38 bits per heavy atom. The van der Waals surface area contributed by atoms with Gasteiger partial charge in [-0.3, -0.25) is 19.7 Å². The van der Waals surface area contributed by atoms with Crippen molar-refractivity contribution in [3.8, 4) is 11.5 Å². The number of nitro benzene ring substituents is 1. The van der Waals surface area contributed by atoms with Crippen molar-refractivity contribution in [3.05, 3.63) is 57.6 Å². The highest BCUT2D eigenvalue weighted by atomic mass is 16.6. The van der Waals surface area contributed by atoms with Crippen LogP contribution in [0.25, 0.3) is 0 Å². The minimum Gasteiger partial charge on any atom is -0.497 e. The van der Waals surface area contributed by atoms with Crippen molar-refractivity contribution in [2.45, 2.75) is 19.8 Å². The molecule has 0 spiro atoms. The van der Waals surface area contributed by atoms with E-state index < -0.39 is 23.4 Å². The number of hydrogen-bond acceptors (Lipinski definition) is 7. The average Bonchev–Trinajstić information content (AvgIpc) is 2.72. The van der Waals surface area contributed by atoms with E-state index in [1.165, 1.54) is 19.2 Å². The third-order valence-electron chi connectivity index (χ3n) is 4.14. The molecule has 0 radical (unpaired) electrons. The number of rotatable bonds is 9. The Hall–Kier alpha value is -3.62. The van der Waals surface area contributed by atoms with E-state index in [4.69, 9.17) is 14.2 Å². The van der Waals surface area contributed by atoms with E-state index in [-0.39, 0.29) is 17.9 Å². The van der Waals surface area contributed by atoms with Crippen molar-refractivity contribution < 1.29 is 28.7 Å². The van der Waals surface area contributed by atoms with Crippen LogP contribution in [-0.4, -0.2) is 37.6 Å². The predicted octanol–water partition coefficient (Wildman–Crippen LogP) is 3.03. The Balaban J connectivity index is 1.85. The Kier molecular flexibility index (Phi) is 7.53. The number of esters is 1. The van der Waals surface area contributed by atoms with Gasteiger partial charge >= 0.3 is 11.7 Å². The van der Waals surface area contributed by atoms with Crippen LogP contribution in [0.5, 0.6) is 11.5 Å². The molecule has 2 aromatic carbocycles. The van der Waals surface area contributed by atoms with E-state index in [2.05, 4.69) is 5.32 Å². The molecule has 0 aliphatic carbocycles. The number of hydrogen-bond donors (Lipinski definition) is 1. The summed E-state index contributed by atoms with van der Waals surface area (Å²) < 4.78 is 15.0. The number of nitrogens with zero attached hydrogens (tertiary/aromatic N) is 1. The molecule has 0 aromatic heterocycles. The summed E-state index contributed by atoms with van der Waals surface area (Å²) in [5, 5.41) is 13.6. The first kappa shape index (κ1) is 21.7. The number of amides is 1. The number of carbonyl (C=O) groups excluding carboxylic acids is 2. The summed E-state index contributed by atoms with van der Waals surface area (Å²) in [5.74, 6) is -0.311. The summed E-state index contributed by atoms with van der Waals surface area (Å²) in [6.45, 7) is 1.16. The molecule has 29 heavy (non-hydrogen) atoms. The number of benzene rings is 2. The monoisotopic (exact) mass is 402 g/mol. The highest BCUT2D eigenvalue weighted by Crippen LogP contribution is 2.32. The van der Waals surface area contributed by atoms with Gasteiger partial charge in [0.25, 0.3) is 5.91 Å². The molecule has 0 saturated heterocycles. The fourth-order valence-corrected chi connectivity index (χ4v) is 2.56. The zero-order valence-corrected chi connectivity index (χ0v) is 16.4. The Labute approximate surface area is 167 Å². The molecule has 0 fully saturated rings. The third-order valence-corrected chi connectivity index (χ3v) is 4.14. The number of carbonyl (C=O) groups is 2. The van der Waals surface area contributed by atoms with Crippen LogP contribution in [0.3, 0.4) is 0 Å². The van der Waals surface area contributed by atoms with Gasteiger partial charge < -0.3 is 19.5 Å². The molecular formula is C20H22N2O7. The average molecular weight is 402 g/mol. The summed E-state index contributed by atoms with van der Waals surface area (Å²) in [6.07, 6.45) is 0.604. The van der Waals surface area contributed by atoms with Crippen LogP contribution < -0.4 is 14.8 Å². The number of nitro groups is 1. The number of nitrogens with one attached hydrogen (secondary N) is 1. The molecule has 0 unspecified atom stereocenters. The molecule has 1 N–H and O–H groups in total. The summed E-state index contributed by atoms with van der Waals surface area (Å²) in [6, 6.07) is 9.96. The molecule has 9 heteroatoms. The normalized spacial score (nSPS) is 10.2. The van der Waals surface area contributed by atoms with E-state index in [9.17, 15) is 19.7 Å². The fourth-order valence-electron chi connectivity index (χ4n) is 2.56. The summed E-state index contributed by atoms with van der Waals surface area (Å²) in [5.41, 5.74) is 1.57. The fraction of sp³-hybridized carbons (Fsp3) is 0.300. The molecule has 0 bridgehead atoms. The molecule has 2 aromatic rings. The van der Waals surface area contributed by atoms with Crippen molar-refractivity contribution in [2.24, 2.45) is 0 Å². The smallest absolute Gasteiger partial charge is 0.311 e. The third kappa shape index (κ3) is 6.20. The largest absolute Gasteiger partial charge is 0.497 e. The SMILES string of the molecule is COc1ccc(CCC(=O)OCC(=O)Nc2cc(OC)c([N+](=O)[O-])cc2C)cc1. The van der Waals surface area contributed by atoms with E-state index in [1.807, 2.05) is 12.1 Å². The second kappa shape index (κ2) is 10.1. The number of aryl methyl sites for hydroxylation is 2. The van der Waals surface area contributed by atoms with Crippen LogP contribution in [0.4, 0.5) is 11.4 Å². The van der Waals surface area contributed by atoms with Gasteiger partial charge in [0.1, 0.15) is 5.75 Å². The van der Waals surface area contributed by atoms with Gasteiger partial charge in [0.2, 0.25) is 0 Å². The Morgan fingerprint density at radius 2 is 1.79 bits per heavy atom. The van der Waals surface area contributed by atoms with Gasteiger partial charge in [-0.1, -0.05) is 12.1 Å². The van der Waals surface area contributed by atoms with E-state index in [1.54, 1.807) is 26.2 Å². The Bertz CT molecular complexity index is 894. The molecule has 0 aliphatic heterocycles. The van der Waals surface area contributed by atoms with Gasteiger partial charge in [0.05, 0.1) is 19.1 Å². The predicted molar refractivity (Wildman–Crippen MR) is 105 cm³/mol. The summed E-state index contributed by atoms with van der Waals surface area (Å²) in [7, 11) is 2.87. The molecule has 0 saturated carbocycles. The number of ether oxygens (including phenoxy) is 3. The van der Waals surface area contributed by atoms with E-state index in [0.717, 1.165) is 11.3 Å². The van der Waals surface area contributed by atoms with Crippen molar-refractivity contribution in [2.75, 3.05) is 26.1 Å². The van der Waals surface area contributed by atoms with Gasteiger partial charge in [0, 0.05) is 24.2 Å². The standard InChI is InChI=1S/C20H22N2O7/c1-13-10-17(22(25)26)18(28-3)11-16(13)21-19(23)12-29-20(24)9-6-14-4-7-15(27-2)8-5-14/h4-5,7-8,10-11H,6,9,12H2,1-3H3,(H,21,23). The topological polar surface area (TPSA) is 117 Å². The maximum atomic E-state index is 12.1. The molecule has 0 aliphatic rings. The quantitative estimate of drug-likeness (QED) is 0.389. The Morgan fingerprint density at radius 1 is 1.10 bits per heavy atom. The van der Waals surface area contributed by atoms with Crippen LogP contribution in [-0.2, 0) is 20.7 Å². The molecule has 9 nitrogen and oxygen atoms in total. The molecule has 0 heterocycles.